The molecule has 4 heteroatoms. The van der Waals surface area contributed by atoms with Crippen LogP contribution in [-0.4, -0.2) is 17.1 Å². The van der Waals surface area contributed by atoms with Crippen molar-refractivity contribution in [3.8, 4) is 11.5 Å². The van der Waals surface area contributed by atoms with Gasteiger partial charge in [0.05, 0.1) is 6.61 Å². The van der Waals surface area contributed by atoms with Crippen LogP contribution in [0.15, 0.2) is 71.0 Å². The van der Waals surface area contributed by atoms with Crippen LogP contribution in [0.4, 0.5) is 0 Å². The Balaban J connectivity index is 2.54. The zero-order valence-electron chi connectivity index (χ0n) is 15.2. The summed E-state index contributed by atoms with van der Waals surface area (Å²) in [5.74, 6) is 0.968. The second kappa shape index (κ2) is 10.5. The number of phenolic OH excluding ortho intramolecular Hbond substituents is 1. The van der Waals surface area contributed by atoms with Gasteiger partial charge in [0.1, 0.15) is 11.5 Å². The lowest BCUT2D eigenvalue weighted by atomic mass is 10.0. The standard InChI is InChI=1S/C21H27NO2S/c1-15(11-13-25)17(3)14-18(4)21(22)16(2)6-5-12-24-20-9-7-19(23)8-10-20/h7-11,13-14,23H,2,5-6,12,22H2,1,3-4H3. The van der Waals surface area contributed by atoms with Crippen molar-refractivity contribution in [2.75, 3.05) is 6.61 Å². The van der Waals surface area contributed by atoms with E-state index in [1.54, 1.807) is 29.6 Å². The molecule has 0 aliphatic rings. The van der Waals surface area contributed by atoms with Gasteiger partial charge in [0.15, 0.2) is 0 Å². The summed E-state index contributed by atoms with van der Waals surface area (Å²) in [5.41, 5.74) is 11.1. The maximum atomic E-state index is 9.24. The normalized spacial score (nSPS) is 13.2. The van der Waals surface area contributed by atoms with Crippen molar-refractivity contribution in [3.63, 3.8) is 0 Å². The predicted molar refractivity (Wildman–Crippen MR) is 110 cm³/mol. The average molecular weight is 358 g/mol. The van der Waals surface area contributed by atoms with Crippen LogP contribution in [0.3, 0.4) is 0 Å². The molecule has 3 N–H and O–H groups in total. The Kier molecular flexibility index (Phi) is 8.71. The van der Waals surface area contributed by atoms with Gasteiger partial charge in [-0.1, -0.05) is 24.9 Å². The summed E-state index contributed by atoms with van der Waals surface area (Å²) in [4.78, 5) is 0. The number of allylic oxidation sites excluding steroid dienone is 6. The smallest absolute Gasteiger partial charge is 0.119 e. The highest BCUT2D eigenvalue weighted by Gasteiger charge is 2.03. The van der Waals surface area contributed by atoms with E-state index < -0.39 is 0 Å². The van der Waals surface area contributed by atoms with Crippen molar-refractivity contribution in [3.05, 3.63) is 71.0 Å². The van der Waals surface area contributed by atoms with Gasteiger partial charge in [-0.15, -0.1) is 0 Å². The summed E-state index contributed by atoms with van der Waals surface area (Å²) in [6.45, 7) is 10.7. The van der Waals surface area contributed by atoms with Crippen LogP contribution < -0.4 is 10.5 Å². The second-order valence-corrected chi connectivity index (χ2v) is 6.23. The zero-order chi connectivity index (χ0) is 18.8. The molecule has 0 saturated heterocycles. The zero-order valence-corrected chi connectivity index (χ0v) is 16.0. The van der Waals surface area contributed by atoms with Crippen molar-refractivity contribution < 1.29 is 9.84 Å². The van der Waals surface area contributed by atoms with Gasteiger partial charge in [-0.05, 0) is 86.2 Å². The van der Waals surface area contributed by atoms with E-state index in [9.17, 15) is 5.11 Å². The number of hydrogen-bond acceptors (Lipinski definition) is 4. The minimum Gasteiger partial charge on any atom is -0.508 e. The highest BCUT2D eigenvalue weighted by Crippen LogP contribution is 2.19. The Morgan fingerprint density at radius 3 is 2.44 bits per heavy atom. The molecule has 0 heterocycles. The molecule has 0 atom stereocenters. The van der Waals surface area contributed by atoms with Crippen molar-refractivity contribution >= 4 is 17.6 Å². The second-order valence-electron chi connectivity index (χ2n) is 5.96. The Hall–Kier alpha value is -2.33. The molecule has 0 aromatic heterocycles. The number of nitrogens with two attached hydrogens (primary N) is 1. The van der Waals surface area contributed by atoms with Crippen LogP contribution in [0, 0.1) is 0 Å². The number of benzene rings is 1. The third kappa shape index (κ3) is 7.40. The highest BCUT2D eigenvalue weighted by molar-refractivity contribution is 7.79. The van der Waals surface area contributed by atoms with Crippen molar-refractivity contribution in [1.29, 1.82) is 0 Å². The fourth-order valence-electron chi connectivity index (χ4n) is 2.18. The van der Waals surface area contributed by atoms with Gasteiger partial charge in [-0.25, -0.2) is 0 Å². The van der Waals surface area contributed by atoms with Crippen LogP contribution in [0.5, 0.6) is 11.5 Å². The van der Waals surface area contributed by atoms with Crippen LogP contribution in [0.25, 0.3) is 0 Å². The van der Waals surface area contributed by atoms with E-state index in [4.69, 9.17) is 22.7 Å². The molecule has 0 saturated carbocycles. The molecule has 0 radical (unpaired) electrons. The quantitative estimate of drug-likeness (QED) is 0.275. The minimum absolute atomic E-state index is 0.230. The van der Waals surface area contributed by atoms with Crippen molar-refractivity contribution in [2.45, 2.75) is 33.6 Å². The molecule has 1 aromatic rings. The monoisotopic (exact) mass is 357 g/mol. The number of ether oxygens (including phenoxy) is 1. The lowest BCUT2D eigenvalue weighted by Gasteiger charge is -2.11. The molecular formula is C21H27NO2S. The number of rotatable bonds is 9. The van der Waals surface area contributed by atoms with Gasteiger partial charge in [0.2, 0.25) is 0 Å². The molecule has 0 aliphatic carbocycles. The molecule has 0 bridgehead atoms. The molecule has 0 spiro atoms. The van der Waals surface area contributed by atoms with E-state index in [2.05, 4.69) is 12.7 Å². The summed E-state index contributed by atoms with van der Waals surface area (Å²) < 4.78 is 5.63. The number of thiocarbonyl (C=S) groups is 1. The Bertz CT molecular complexity index is 697. The van der Waals surface area contributed by atoms with E-state index in [1.165, 1.54) is 0 Å². The SMILES string of the molecule is C=C(CCCOc1ccc(O)cc1)C(N)=C(C)C=C(C)C(C)=CC=S. The third-order valence-corrected chi connectivity index (χ3v) is 4.04. The van der Waals surface area contributed by atoms with Gasteiger partial charge in [0.25, 0.3) is 0 Å². The molecule has 25 heavy (non-hydrogen) atoms. The lowest BCUT2D eigenvalue weighted by Crippen LogP contribution is -2.05. The average Bonchev–Trinajstić information content (AvgIpc) is 2.59. The molecule has 0 aliphatic heterocycles. The fraction of sp³-hybridized carbons (Fsp3) is 0.286. The molecule has 1 aromatic carbocycles. The summed E-state index contributed by atoms with van der Waals surface area (Å²) in [6.07, 6.45) is 5.54. The molecular weight excluding hydrogens is 330 g/mol. The molecule has 3 nitrogen and oxygen atoms in total. The largest absolute Gasteiger partial charge is 0.508 e. The first-order valence-electron chi connectivity index (χ1n) is 8.22. The van der Waals surface area contributed by atoms with Gasteiger partial charge in [0, 0.05) is 11.1 Å². The third-order valence-electron chi connectivity index (χ3n) is 3.91. The van der Waals surface area contributed by atoms with Crippen LogP contribution >= 0.6 is 12.2 Å². The molecule has 134 valence electrons. The first-order chi connectivity index (χ1) is 11.8. The van der Waals surface area contributed by atoms with Gasteiger partial charge < -0.3 is 15.6 Å². The van der Waals surface area contributed by atoms with Crippen LogP contribution in [0.1, 0.15) is 33.6 Å². The number of phenols is 1. The molecule has 0 amide bonds. The van der Waals surface area contributed by atoms with E-state index in [0.29, 0.717) is 6.61 Å². The molecule has 1 rings (SSSR count). The predicted octanol–water partition coefficient (Wildman–Crippen LogP) is 5.23. The molecule has 0 fully saturated rings. The van der Waals surface area contributed by atoms with Gasteiger partial charge in [-0.2, -0.15) is 0 Å². The summed E-state index contributed by atoms with van der Waals surface area (Å²) in [5, 5.41) is 10.9. The lowest BCUT2D eigenvalue weighted by molar-refractivity contribution is 0.310. The van der Waals surface area contributed by atoms with E-state index in [1.807, 2.05) is 26.8 Å². The maximum Gasteiger partial charge on any atom is 0.119 e. The summed E-state index contributed by atoms with van der Waals surface area (Å²) >= 11 is 4.85. The van der Waals surface area contributed by atoms with Crippen molar-refractivity contribution in [1.82, 2.24) is 0 Å². The Labute approximate surface area is 156 Å². The Morgan fingerprint density at radius 1 is 1.20 bits per heavy atom. The fourth-order valence-corrected chi connectivity index (χ4v) is 2.39. The number of aromatic hydroxyl groups is 1. The summed E-state index contributed by atoms with van der Waals surface area (Å²) in [6, 6.07) is 6.69. The van der Waals surface area contributed by atoms with Gasteiger partial charge in [-0.3, -0.25) is 0 Å². The first kappa shape index (κ1) is 20.7. The van der Waals surface area contributed by atoms with E-state index in [-0.39, 0.29) is 5.75 Å². The summed E-state index contributed by atoms with van der Waals surface area (Å²) in [7, 11) is 0. The van der Waals surface area contributed by atoms with Crippen LogP contribution in [-0.2, 0) is 0 Å². The van der Waals surface area contributed by atoms with Gasteiger partial charge >= 0.3 is 0 Å². The van der Waals surface area contributed by atoms with Crippen molar-refractivity contribution in [2.24, 2.45) is 5.73 Å². The van der Waals surface area contributed by atoms with E-state index >= 15 is 0 Å². The highest BCUT2D eigenvalue weighted by atomic mass is 32.1. The minimum atomic E-state index is 0.230. The number of hydrogen-bond donors (Lipinski definition) is 2. The van der Waals surface area contributed by atoms with E-state index in [0.717, 1.165) is 46.6 Å². The molecule has 0 unspecified atom stereocenters. The topological polar surface area (TPSA) is 55.5 Å². The van der Waals surface area contributed by atoms with Crippen LogP contribution in [0.2, 0.25) is 0 Å². The maximum absolute atomic E-state index is 9.24. The Morgan fingerprint density at radius 2 is 1.84 bits per heavy atom. The first-order valence-corrected chi connectivity index (χ1v) is 8.69.